The van der Waals surface area contributed by atoms with Crippen molar-refractivity contribution in [2.45, 2.75) is 82.0 Å². The number of piperidine rings is 1. The minimum atomic E-state index is -4.53. The number of halogens is 8. The Bertz CT molecular complexity index is 1630. The molecule has 2 aliphatic heterocycles. The molecule has 0 spiro atoms. The second-order valence-corrected chi connectivity index (χ2v) is 12.6. The number of alkyl halides is 8. The summed E-state index contributed by atoms with van der Waals surface area (Å²) >= 11 is 0. The number of carbonyl (C=O) groups is 2. The molecule has 1 aliphatic carbocycles. The number of primary amides is 1. The molecule has 21 heteroatoms. The molecule has 3 fully saturated rings. The first kappa shape index (κ1) is 37.1. The number of imidazole rings is 1. The summed E-state index contributed by atoms with van der Waals surface area (Å²) in [6.45, 7) is -0.915. The van der Waals surface area contributed by atoms with Gasteiger partial charge in [-0.3, -0.25) is 9.59 Å². The van der Waals surface area contributed by atoms with E-state index in [-0.39, 0.29) is 37.5 Å². The summed E-state index contributed by atoms with van der Waals surface area (Å²) in [6.07, 6.45) is -4.89. The Balaban J connectivity index is 0.000000292. The molecule has 6 rings (SSSR count). The van der Waals surface area contributed by atoms with E-state index in [9.17, 15) is 44.7 Å². The lowest BCUT2D eigenvalue weighted by Gasteiger charge is -2.31. The lowest BCUT2D eigenvalue weighted by molar-refractivity contribution is -0.183. The van der Waals surface area contributed by atoms with Crippen LogP contribution in [-0.2, 0) is 22.4 Å². The Morgan fingerprint density at radius 1 is 1.04 bits per heavy atom. The molecule has 276 valence electrons. The monoisotopic (exact) mass is 726 g/mol. The van der Waals surface area contributed by atoms with Crippen molar-refractivity contribution < 1.29 is 58.8 Å². The fourth-order valence-corrected chi connectivity index (χ4v) is 6.19. The van der Waals surface area contributed by atoms with Gasteiger partial charge in [0.2, 0.25) is 17.5 Å². The van der Waals surface area contributed by atoms with Crippen LogP contribution in [0.4, 0.5) is 35.1 Å². The molecule has 1 saturated carbocycles. The van der Waals surface area contributed by atoms with Crippen LogP contribution in [0.2, 0.25) is 0 Å². The standard InChI is InChI=1S/C24H30F5N5O2.C5H4F3N3O3/c25-23(26)5-1-14(2-6-23)9-18-13-34-22(31-18)32-20(15-3-7-36-8-4-15)19(33-34)11-16-10-17(24(27,28)29)12-30-21(16)35;6-5(7,8)1-13-4-2(3(9)12)10-14-11-4/h13-17H,1-12H2,(H,30,35);1H2,(H2,9,12). The zero-order valence-corrected chi connectivity index (χ0v) is 26.4. The van der Waals surface area contributed by atoms with Gasteiger partial charge in [0, 0.05) is 50.9 Å². The van der Waals surface area contributed by atoms with Crippen LogP contribution >= 0.6 is 0 Å². The first-order valence-electron chi connectivity index (χ1n) is 15.8. The topological polar surface area (TPSA) is 173 Å². The summed E-state index contributed by atoms with van der Waals surface area (Å²) in [7, 11) is 0. The quantitative estimate of drug-likeness (QED) is 0.318. The fourth-order valence-electron chi connectivity index (χ4n) is 6.19. The minimum Gasteiger partial charge on any atom is -0.464 e. The summed E-state index contributed by atoms with van der Waals surface area (Å²) in [5.74, 6) is -6.71. The highest BCUT2D eigenvalue weighted by molar-refractivity contribution is 5.92. The second-order valence-electron chi connectivity index (χ2n) is 12.6. The summed E-state index contributed by atoms with van der Waals surface area (Å²) in [6, 6.07) is 0. The van der Waals surface area contributed by atoms with Crippen molar-refractivity contribution in [3.8, 4) is 5.88 Å². The molecule has 3 N–H and O–H groups in total. The summed E-state index contributed by atoms with van der Waals surface area (Å²) in [5.41, 5.74) is 6.02. The number of nitrogens with zero attached hydrogens (tertiary/aromatic N) is 6. The maximum Gasteiger partial charge on any atom is 0.422 e. The molecule has 3 aromatic heterocycles. The SMILES string of the molecule is NC(=O)c1nonc1OCC(F)(F)F.O=C1NCC(C(F)(F)F)CC1Cc1nn2cc(CC3CCC(F)(F)CC3)nc2nc1C1CCOCC1. The van der Waals surface area contributed by atoms with Crippen molar-refractivity contribution in [2.24, 2.45) is 23.5 Å². The molecule has 0 aromatic carbocycles. The summed E-state index contributed by atoms with van der Waals surface area (Å²) in [4.78, 5) is 32.3. The molecule has 0 bridgehead atoms. The van der Waals surface area contributed by atoms with Crippen molar-refractivity contribution in [3.63, 3.8) is 0 Å². The van der Waals surface area contributed by atoms with Gasteiger partial charge in [0.15, 0.2) is 6.61 Å². The van der Waals surface area contributed by atoms with Crippen LogP contribution in [-0.4, -0.2) is 86.4 Å². The van der Waals surface area contributed by atoms with Crippen molar-refractivity contribution in [1.82, 2.24) is 35.2 Å². The van der Waals surface area contributed by atoms with Gasteiger partial charge < -0.3 is 20.5 Å². The number of nitrogens with two attached hydrogens (primary N) is 1. The van der Waals surface area contributed by atoms with Gasteiger partial charge in [0.1, 0.15) is 0 Å². The number of fused-ring (bicyclic) bond motifs is 1. The average molecular weight is 727 g/mol. The van der Waals surface area contributed by atoms with Crippen LogP contribution in [0.1, 0.15) is 78.4 Å². The Morgan fingerprint density at radius 3 is 2.38 bits per heavy atom. The van der Waals surface area contributed by atoms with Gasteiger partial charge in [-0.1, -0.05) is 0 Å². The number of rotatable bonds is 8. The van der Waals surface area contributed by atoms with E-state index in [4.69, 9.17) is 15.5 Å². The number of carbonyl (C=O) groups excluding carboxylic acids is 2. The van der Waals surface area contributed by atoms with E-state index < -0.39 is 66.7 Å². The van der Waals surface area contributed by atoms with Gasteiger partial charge in [0.05, 0.1) is 29.2 Å². The molecule has 13 nitrogen and oxygen atoms in total. The van der Waals surface area contributed by atoms with Gasteiger partial charge in [-0.15, -0.1) is 0 Å². The number of nitrogens with one attached hydrogen (secondary N) is 1. The van der Waals surface area contributed by atoms with Crippen LogP contribution in [0, 0.1) is 17.8 Å². The van der Waals surface area contributed by atoms with E-state index in [0.29, 0.717) is 68.2 Å². The molecule has 2 unspecified atom stereocenters. The molecule has 2 saturated heterocycles. The fraction of sp³-hybridized carbons (Fsp3) is 0.690. The maximum absolute atomic E-state index is 13.5. The van der Waals surface area contributed by atoms with E-state index in [2.05, 4.69) is 35.1 Å². The molecule has 5 heterocycles. The van der Waals surface area contributed by atoms with E-state index in [1.165, 1.54) is 4.52 Å². The van der Waals surface area contributed by atoms with Crippen molar-refractivity contribution in [1.29, 1.82) is 0 Å². The molecular weight excluding hydrogens is 692 g/mol. The van der Waals surface area contributed by atoms with Crippen LogP contribution in [0.5, 0.6) is 5.88 Å². The Kier molecular flexibility index (Phi) is 11.1. The van der Waals surface area contributed by atoms with Gasteiger partial charge in [-0.05, 0) is 54.8 Å². The number of aromatic nitrogens is 6. The zero-order valence-electron chi connectivity index (χ0n) is 26.4. The Hall–Kier alpha value is -4.17. The third-order valence-corrected chi connectivity index (χ3v) is 8.84. The Morgan fingerprint density at radius 2 is 1.74 bits per heavy atom. The molecular formula is C29H34F8N8O5. The maximum atomic E-state index is 13.5. The highest BCUT2D eigenvalue weighted by Crippen LogP contribution is 2.38. The van der Waals surface area contributed by atoms with Crippen LogP contribution in [0.3, 0.4) is 0 Å². The predicted octanol–water partition coefficient (Wildman–Crippen LogP) is 4.35. The Labute approximate surface area is 278 Å². The highest BCUT2D eigenvalue weighted by Gasteiger charge is 2.45. The lowest BCUT2D eigenvalue weighted by Crippen LogP contribution is -2.47. The van der Waals surface area contributed by atoms with Crippen LogP contribution in [0.25, 0.3) is 5.78 Å². The van der Waals surface area contributed by atoms with Gasteiger partial charge >= 0.3 is 12.4 Å². The zero-order chi connectivity index (χ0) is 36.3. The number of hydrogen-bond donors (Lipinski definition) is 2. The molecule has 50 heavy (non-hydrogen) atoms. The summed E-state index contributed by atoms with van der Waals surface area (Å²) < 4.78 is 117. The molecule has 2 atom stereocenters. The lowest BCUT2D eigenvalue weighted by atomic mass is 9.84. The first-order valence-corrected chi connectivity index (χ1v) is 15.8. The average Bonchev–Trinajstić information content (AvgIpc) is 3.68. The third-order valence-electron chi connectivity index (χ3n) is 8.84. The van der Waals surface area contributed by atoms with Gasteiger partial charge in [-0.25, -0.2) is 27.9 Å². The second kappa shape index (κ2) is 15.0. The highest BCUT2D eigenvalue weighted by atomic mass is 19.4. The third kappa shape index (κ3) is 9.75. The van der Waals surface area contributed by atoms with Crippen LogP contribution < -0.4 is 15.8 Å². The number of amides is 2. The smallest absolute Gasteiger partial charge is 0.422 e. The van der Waals surface area contributed by atoms with Crippen molar-refractivity contribution in [2.75, 3.05) is 26.4 Å². The molecule has 2 amide bonds. The van der Waals surface area contributed by atoms with Crippen molar-refractivity contribution >= 4 is 17.6 Å². The van der Waals surface area contributed by atoms with E-state index in [1.54, 1.807) is 6.20 Å². The van der Waals surface area contributed by atoms with E-state index >= 15 is 0 Å². The molecule has 3 aliphatic rings. The van der Waals surface area contributed by atoms with E-state index in [1.807, 2.05) is 0 Å². The molecule has 3 aromatic rings. The first-order chi connectivity index (χ1) is 23.5. The van der Waals surface area contributed by atoms with Gasteiger partial charge in [-0.2, -0.15) is 31.4 Å². The summed E-state index contributed by atoms with van der Waals surface area (Å²) in [5, 5.41) is 13.0. The normalized spacial score (nSPS) is 22.1. The van der Waals surface area contributed by atoms with Gasteiger partial charge in [0.25, 0.3) is 17.6 Å². The predicted molar refractivity (Wildman–Crippen MR) is 153 cm³/mol. The van der Waals surface area contributed by atoms with Crippen molar-refractivity contribution in [3.05, 3.63) is 29.0 Å². The molecule has 0 radical (unpaired) electrons. The van der Waals surface area contributed by atoms with E-state index in [0.717, 1.165) is 0 Å². The number of hydrogen-bond acceptors (Lipinski definition) is 10. The number of ether oxygens (including phenoxy) is 2. The van der Waals surface area contributed by atoms with Crippen LogP contribution in [0.15, 0.2) is 10.8 Å². The minimum absolute atomic E-state index is 0.0111. The largest absolute Gasteiger partial charge is 0.464 e.